The molecule has 168 valence electrons. The Bertz CT molecular complexity index is 1090. The Morgan fingerprint density at radius 3 is 2.65 bits per heavy atom. The number of nitrogens with zero attached hydrogens (tertiary/aromatic N) is 1. The van der Waals surface area contributed by atoms with Gasteiger partial charge in [0.15, 0.2) is 4.21 Å². The van der Waals surface area contributed by atoms with Gasteiger partial charge in [-0.2, -0.15) is 0 Å². The molecule has 1 unspecified atom stereocenters. The molecule has 1 aromatic heterocycles. The summed E-state index contributed by atoms with van der Waals surface area (Å²) in [6.07, 6.45) is 1.80. The van der Waals surface area contributed by atoms with Crippen LogP contribution < -0.4 is 4.72 Å². The number of sulfonamides is 1. The molecular weight excluding hydrogens is 436 g/mol. The van der Waals surface area contributed by atoms with Crippen LogP contribution in [0.5, 0.6) is 0 Å². The number of methoxy groups -OCH3 is 1. The van der Waals surface area contributed by atoms with Crippen molar-refractivity contribution in [2.75, 3.05) is 18.4 Å². The lowest BCUT2D eigenvalue weighted by atomic mass is 10.0. The molecular formula is C22H28N2O5S2. The van der Waals surface area contributed by atoms with E-state index in [-0.39, 0.29) is 21.6 Å². The average Bonchev–Trinajstić information content (AvgIpc) is 3.14. The maximum absolute atomic E-state index is 13.2. The van der Waals surface area contributed by atoms with Crippen LogP contribution in [0.1, 0.15) is 53.1 Å². The van der Waals surface area contributed by atoms with Crippen molar-refractivity contribution >= 4 is 38.9 Å². The fourth-order valence-electron chi connectivity index (χ4n) is 3.54. The number of hydrogen-bond acceptors (Lipinski definition) is 6. The predicted octanol–water partition coefficient (Wildman–Crippen LogP) is 3.96. The Hall–Kier alpha value is -2.39. The standard InChI is InChI=1S/C22H28N2O5S2/c1-5-14(2)12-19(25)24-11-10-16-18(13-24)30-22(20(16)21(26)29-4)31(27,28)23-17-9-7-6-8-15(17)3/h6-9,14,23H,5,10-13H2,1-4H3. The van der Waals surface area contributed by atoms with E-state index in [4.69, 9.17) is 4.74 Å². The molecule has 0 saturated carbocycles. The van der Waals surface area contributed by atoms with Gasteiger partial charge in [-0.3, -0.25) is 9.52 Å². The third kappa shape index (κ3) is 4.93. The lowest BCUT2D eigenvalue weighted by Gasteiger charge is -2.28. The number of aryl methyl sites for hydroxylation is 1. The minimum Gasteiger partial charge on any atom is -0.465 e. The Morgan fingerprint density at radius 2 is 2.00 bits per heavy atom. The summed E-state index contributed by atoms with van der Waals surface area (Å²) < 4.78 is 33.9. The molecule has 1 aliphatic rings. The molecule has 1 aliphatic heterocycles. The highest BCUT2D eigenvalue weighted by atomic mass is 32.2. The molecule has 1 N–H and O–H groups in total. The number of esters is 1. The van der Waals surface area contributed by atoms with Gasteiger partial charge in [0.25, 0.3) is 10.0 Å². The number of nitrogens with one attached hydrogen (secondary N) is 1. The van der Waals surface area contributed by atoms with E-state index < -0.39 is 16.0 Å². The number of amides is 1. The molecule has 31 heavy (non-hydrogen) atoms. The number of rotatable bonds is 7. The molecule has 0 bridgehead atoms. The second-order valence-corrected chi connectivity index (χ2v) is 10.8. The van der Waals surface area contributed by atoms with E-state index in [0.29, 0.717) is 42.1 Å². The lowest BCUT2D eigenvalue weighted by molar-refractivity contribution is -0.133. The number of ether oxygens (including phenoxy) is 1. The summed E-state index contributed by atoms with van der Waals surface area (Å²) in [5.41, 5.74) is 1.97. The van der Waals surface area contributed by atoms with Gasteiger partial charge in [-0.1, -0.05) is 38.5 Å². The first-order valence-electron chi connectivity index (χ1n) is 10.3. The van der Waals surface area contributed by atoms with E-state index in [1.807, 2.05) is 19.9 Å². The van der Waals surface area contributed by atoms with E-state index in [1.54, 1.807) is 30.0 Å². The number of fused-ring (bicyclic) bond motifs is 1. The third-order valence-electron chi connectivity index (χ3n) is 5.62. The minimum atomic E-state index is -4.01. The lowest BCUT2D eigenvalue weighted by Crippen LogP contribution is -2.36. The fourth-order valence-corrected chi connectivity index (χ4v) is 6.57. The van der Waals surface area contributed by atoms with Crippen LogP contribution >= 0.6 is 11.3 Å². The van der Waals surface area contributed by atoms with Gasteiger partial charge in [0, 0.05) is 17.8 Å². The highest BCUT2D eigenvalue weighted by Crippen LogP contribution is 2.38. The predicted molar refractivity (Wildman–Crippen MR) is 121 cm³/mol. The van der Waals surface area contributed by atoms with Crippen molar-refractivity contribution in [3.63, 3.8) is 0 Å². The molecule has 9 heteroatoms. The first-order valence-corrected chi connectivity index (χ1v) is 12.6. The molecule has 0 saturated heterocycles. The van der Waals surface area contributed by atoms with Gasteiger partial charge in [-0.25, -0.2) is 13.2 Å². The maximum atomic E-state index is 13.2. The van der Waals surface area contributed by atoms with Crippen molar-refractivity contribution in [2.24, 2.45) is 5.92 Å². The number of thiophene rings is 1. The number of hydrogen-bond donors (Lipinski definition) is 1. The van der Waals surface area contributed by atoms with E-state index in [1.165, 1.54) is 7.11 Å². The molecule has 1 aromatic carbocycles. The van der Waals surface area contributed by atoms with Gasteiger partial charge in [0.05, 0.1) is 24.9 Å². The number of benzene rings is 1. The zero-order valence-corrected chi connectivity index (χ0v) is 19.9. The Kier molecular flexibility index (Phi) is 7.06. The molecule has 0 fully saturated rings. The van der Waals surface area contributed by atoms with E-state index in [0.717, 1.165) is 23.3 Å². The van der Waals surface area contributed by atoms with Crippen molar-refractivity contribution in [1.82, 2.24) is 4.90 Å². The molecule has 3 rings (SSSR count). The summed E-state index contributed by atoms with van der Waals surface area (Å²) in [6, 6.07) is 7.04. The van der Waals surface area contributed by atoms with Crippen molar-refractivity contribution < 1.29 is 22.7 Å². The molecule has 2 heterocycles. The van der Waals surface area contributed by atoms with E-state index >= 15 is 0 Å². The Balaban J connectivity index is 1.97. The first kappa shape index (κ1) is 23.3. The number of para-hydroxylation sites is 1. The van der Waals surface area contributed by atoms with Gasteiger partial charge in [-0.05, 0) is 36.5 Å². The summed E-state index contributed by atoms with van der Waals surface area (Å²) in [5, 5.41) is 0. The van der Waals surface area contributed by atoms with Crippen LogP contribution in [0.3, 0.4) is 0 Å². The van der Waals surface area contributed by atoms with Crippen molar-refractivity contribution in [2.45, 2.75) is 50.8 Å². The second kappa shape index (κ2) is 9.40. The molecule has 0 spiro atoms. The van der Waals surface area contributed by atoms with Crippen LogP contribution in [0.15, 0.2) is 28.5 Å². The largest absolute Gasteiger partial charge is 0.465 e. The number of carbonyl (C=O) groups is 2. The van der Waals surface area contributed by atoms with Crippen LogP contribution in [-0.2, 0) is 32.5 Å². The Morgan fingerprint density at radius 1 is 1.29 bits per heavy atom. The molecule has 2 aromatic rings. The van der Waals surface area contributed by atoms with Crippen LogP contribution in [0, 0.1) is 12.8 Å². The smallest absolute Gasteiger partial charge is 0.340 e. The molecule has 1 amide bonds. The minimum absolute atomic E-state index is 0.0514. The van der Waals surface area contributed by atoms with Gasteiger partial charge < -0.3 is 9.64 Å². The van der Waals surface area contributed by atoms with Crippen LogP contribution in [0.25, 0.3) is 0 Å². The summed E-state index contributed by atoms with van der Waals surface area (Å²) in [7, 11) is -2.77. The molecule has 0 aliphatic carbocycles. The SMILES string of the molecule is CCC(C)CC(=O)N1CCc2c(sc(S(=O)(=O)Nc3ccccc3C)c2C(=O)OC)C1. The quantitative estimate of drug-likeness (QED) is 0.626. The molecule has 7 nitrogen and oxygen atoms in total. The highest BCUT2D eigenvalue weighted by molar-refractivity contribution is 7.94. The van der Waals surface area contributed by atoms with Gasteiger partial charge in [-0.15, -0.1) is 11.3 Å². The second-order valence-electron chi connectivity index (χ2n) is 7.86. The van der Waals surface area contributed by atoms with E-state index in [2.05, 4.69) is 4.72 Å². The molecule has 0 radical (unpaired) electrons. The van der Waals surface area contributed by atoms with E-state index in [9.17, 15) is 18.0 Å². The summed E-state index contributed by atoms with van der Waals surface area (Å²) in [5.74, 6) is -0.338. The Labute approximate surface area is 187 Å². The van der Waals surface area contributed by atoms with Crippen molar-refractivity contribution in [1.29, 1.82) is 0 Å². The summed E-state index contributed by atoms with van der Waals surface area (Å²) >= 11 is 1.04. The normalized spacial score (nSPS) is 14.6. The topological polar surface area (TPSA) is 92.8 Å². The van der Waals surface area contributed by atoms with Gasteiger partial charge in [0.2, 0.25) is 5.91 Å². The zero-order chi connectivity index (χ0) is 22.8. The first-order chi connectivity index (χ1) is 14.7. The van der Waals surface area contributed by atoms with Crippen LogP contribution in [-0.4, -0.2) is 38.8 Å². The number of carbonyl (C=O) groups excluding carboxylic acids is 2. The zero-order valence-electron chi connectivity index (χ0n) is 18.2. The van der Waals surface area contributed by atoms with Crippen LogP contribution in [0.4, 0.5) is 5.69 Å². The average molecular weight is 465 g/mol. The van der Waals surface area contributed by atoms with Crippen molar-refractivity contribution in [3.8, 4) is 0 Å². The number of anilines is 1. The maximum Gasteiger partial charge on any atom is 0.340 e. The monoisotopic (exact) mass is 464 g/mol. The third-order valence-corrected chi connectivity index (χ3v) is 8.72. The fraction of sp³-hybridized carbons (Fsp3) is 0.455. The highest BCUT2D eigenvalue weighted by Gasteiger charge is 2.35. The molecule has 1 atom stereocenters. The van der Waals surface area contributed by atoms with Crippen molar-refractivity contribution in [3.05, 3.63) is 45.8 Å². The van der Waals surface area contributed by atoms with Crippen LogP contribution in [0.2, 0.25) is 0 Å². The summed E-state index contributed by atoms with van der Waals surface area (Å²) in [6.45, 7) is 6.65. The van der Waals surface area contributed by atoms with Gasteiger partial charge >= 0.3 is 5.97 Å². The van der Waals surface area contributed by atoms with Gasteiger partial charge in [0.1, 0.15) is 0 Å². The summed E-state index contributed by atoms with van der Waals surface area (Å²) in [4.78, 5) is 27.7.